The fourth-order valence-corrected chi connectivity index (χ4v) is 2.50. The second-order valence-corrected chi connectivity index (χ2v) is 5.40. The van der Waals surface area contributed by atoms with Crippen molar-refractivity contribution in [2.24, 2.45) is 5.92 Å². The summed E-state index contributed by atoms with van der Waals surface area (Å²) in [6.45, 7) is -0.303. The van der Waals surface area contributed by atoms with Gasteiger partial charge in [0.2, 0.25) is 5.91 Å². The fourth-order valence-electron chi connectivity index (χ4n) is 2.50. The van der Waals surface area contributed by atoms with Crippen molar-refractivity contribution in [3.63, 3.8) is 0 Å². The first-order valence-corrected chi connectivity index (χ1v) is 6.95. The number of aromatic nitrogens is 2. The summed E-state index contributed by atoms with van der Waals surface area (Å²) in [5.74, 6) is -3.12. The van der Waals surface area contributed by atoms with Crippen molar-refractivity contribution >= 4 is 17.7 Å². The number of carbonyl (C=O) groups excluding carboxylic acids is 1. The van der Waals surface area contributed by atoms with E-state index in [2.05, 4.69) is 10.4 Å². The van der Waals surface area contributed by atoms with Crippen LogP contribution in [0.25, 0.3) is 0 Å². The highest BCUT2D eigenvalue weighted by Gasteiger charge is 2.45. The van der Waals surface area contributed by atoms with E-state index in [9.17, 15) is 18.4 Å². The predicted molar refractivity (Wildman–Crippen MR) is 75.7 cm³/mol. The quantitative estimate of drug-likeness (QED) is 0.882. The number of carbonyl (C=O) groups is 2. The van der Waals surface area contributed by atoms with E-state index in [1.54, 1.807) is 0 Å². The Balaban J connectivity index is 1.62. The minimum atomic E-state index is -1.04. The van der Waals surface area contributed by atoms with E-state index in [0.717, 1.165) is 6.07 Å². The molecule has 23 heavy (non-hydrogen) atoms. The Labute approximate surface area is 129 Å². The number of nitrogens with one attached hydrogen (secondary N) is 1. The lowest BCUT2D eigenvalue weighted by Crippen LogP contribution is -2.16. The second kappa shape index (κ2) is 5.79. The number of hydrogen-bond donors (Lipinski definition) is 2. The minimum absolute atomic E-state index is 0.237. The monoisotopic (exact) mass is 321 g/mol. The molecule has 2 N–H and O–H groups in total. The van der Waals surface area contributed by atoms with Crippen LogP contribution in [0.5, 0.6) is 0 Å². The van der Waals surface area contributed by atoms with Crippen molar-refractivity contribution in [1.82, 2.24) is 9.78 Å². The Morgan fingerprint density at radius 1 is 1.35 bits per heavy atom. The van der Waals surface area contributed by atoms with Gasteiger partial charge in [0, 0.05) is 24.2 Å². The Kier molecular flexibility index (Phi) is 3.81. The molecule has 1 aromatic carbocycles. The highest BCUT2D eigenvalue weighted by atomic mass is 19.1. The molecule has 2 atom stereocenters. The van der Waals surface area contributed by atoms with Crippen LogP contribution in [0.1, 0.15) is 17.9 Å². The maximum Gasteiger partial charge on any atom is 0.325 e. The van der Waals surface area contributed by atoms with E-state index in [0.29, 0.717) is 12.0 Å². The lowest BCUT2D eigenvalue weighted by atomic mass is 10.1. The third-order valence-electron chi connectivity index (χ3n) is 3.68. The molecule has 8 heteroatoms. The van der Waals surface area contributed by atoms with E-state index >= 15 is 0 Å². The molecule has 1 aromatic heterocycles. The van der Waals surface area contributed by atoms with Crippen LogP contribution in [0, 0.1) is 17.6 Å². The summed E-state index contributed by atoms with van der Waals surface area (Å²) in [5, 5.41) is 15.1. The van der Waals surface area contributed by atoms with Crippen LogP contribution < -0.4 is 5.32 Å². The van der Waals surface area contributed by atoms with E-state index in [4.69, 9.17) is 5.11 Å². The number of anilines is 1. The van der Waals surface area contributed by atoms with Crippen LogP contribution in [-0.2, 0) is 16.1 Å². The van der Waals surface area contributed by atoms with Gasteiger partial charge in [-0.25, -0.2) is 8.78 Å². The van der Waals surface area contributed by atoms with Crippen LogP contribution in [-0.4, -0.2) is 26.8 Å². The van der Waals surface area contributed by atoms with E-state index in [1.807, 2.05) is 0 Å². The number of nitrogens with zero attached hydrogens (tertiary/aromatic N) is 2. The summed E-state index contributed by atoms with van der Waals surface area (Å²) in [7, 11) is 0. The molecule has 1 amide bonds. The summed E-state index contributed by atoms with van der Waals surface area (Å²) < 4.78 is 27.8. The number of carboxylic acid groups (broad SMARTS) is 1. The maximum atomic E-state index is 13.7. The molecule has 0 bridgehead atoms. The zero-order valence-corrected chi connectivity index (χ0v) is 11.9. The SMILES string of the molecule is O=C(O)Cn1ccc(NC(=O)C2CC2c2ccc(F)cc2F)n1. The average molecular weight is 321 g/mol. The Morgan fingerprint density at radius 2 is 2.13 bits per heavy atom. The molecular formula is C15H13F2N3O3. The molecule has 0 spiro atoms. The first-order valence-electron chi connectivity index (χ1n) is 6.95. The maximum absolute atomic E-state index is 13.7. The van der Waals surface area contributed by atoms with Gasteiger partial charge in [-0.05, 0) is 24.0 Å². The van der Waals surface area contributed by atoms with Crippen molar-refractivity contribution in [3.8, 4) is 0 Å². The van der Waals surface area contributed by atoms with Crippen molar-refractivity contribution in [2.75, 3.05) is 5.32 Å². The number of hydrogen-bond acceptors (Lipinski definition) is 3. The molecule has 120 valence electrons. The fraction of sp³-hybridized carbons (Fsp3) is 0.267. The average Bonchev–Trinajstić information content (AvgIpc) is 3.13. The Bertz CT molecular complexity index is 775. The molecule has 1 aliphatic rings. The summed E-state index contributed by atoms with van der Waals surface area (Å²) in [6, 6.07) is 4.80. The molecule has 1 fully saturated rings. The van der Waals surface area contributed by atoms with Gasteiger partial charge in [0.25, 0.3) is 0 Å². The molecule has 3 rings (SSSR count). The van der Waals surface area contributed by atoms with Crippen molar-refractivity contribution < 1.29 is 23.5 Å². The van der Waals surface area contributed by atoms with Crippen LogP contribution in [0.2, 0.25) is 0 Å². The lowest BCUT2D eigenvalue weighted by Gasteiger charge is -2.03. The molecule has 1 saturated carbocycles. The Morgan fingerprint density at radius 3 is 2.83 bits per heavy atom. The van der Waals surface area contributed by atoms with E-state index in [-0.39, 0.29) is 24.2 Å². The van der Waals surface area contributed by atoms with Gasteiger partial charge < -0.3 is 10.4 Å². The molecule has 2 aromatic rings. The molecular weight excluding hydrogens is 308 g/mol. The summed E-state index contributed by atoms with van der Waals surface area (Å²) in [6.07, 6.45) is 1.91. The summed E-state index contributed by atoms with van der Waals surface area (Å²) in [4.78, 5) is 22.7. The van der Waals surface area contributed by atoms with Gasteiger partial charge in [-0.2, -0.15) is 5.10 Å². The normalized spacial score (nSPS) is 19.4. The van der Waals surface area contributed by atoms with Gasteiger partial charge in [0.1, 0.15) is 18.2 Å². The van der Waals surface area contributed by atoms with Gasteiger partial charge in [0.05, 0.1) is 0 Å². The highest BCUT2D eigenvalue weighted by molar-refractivity contribution is 5.94. The number of benzene rings is 1. The minimum Gasteiger partial charge on any atom is -0.480 e. The lowest BCUT2D eigenvalue weighted by molar-refractivity contribution is -0.137. The van der Waals surface area contributed by atoms with Crippen molar-refractivity contribution in [3.05, 3.63) is 47.7 Å². The van der Waals surface area contributed by atoms with Crippen molar-refractivity contribution in [2.45, 2.75) is 18.9 Å². The third kappa shape index (κ3) is 3.36. The number of aliphatic carboxylic acids is 1. The smallest absolute Gasteiger partial charge is 0.325 e. The standard InChI is InChI=1S/C15H13F2N3O3/c16-8-1-2-9(12(17)5-8)10-6-11(10)15(23)18-13-3-4-20(19-13)7-14(21)22/h1-5,10-11H,6-7H2,(H,21,22)(H,18,19,23). The third-order valence-corrected chi connectivity index (χ3v) is 3.68. The summed E-state index contributed by atoms with van der Waals surface area (Å²) >= 11 is 0. The van der Waals surface area contributed by atoms with Crippen LogP contribution in [0.4, 0.5) is 14.6 Å². The molecule has 0 radical (unpaired) electrons. The molecule has 1 aliphatic carbocycles. The summed E-state index contributed by atoms with van der Waals surface area (Å²) in [5.41, 5.74) is 0.322. The topological polar surface area (TPSA) is 84.2 Å². The second-order valence-electron chi connectivity index (χ2n) is 5.40. The van der Waals surface area contributed by atoms with Crippen LogP contribution in [0.15, 0.2) is 30.5 Å². The van der Waals surface area contributed by atoms with Gasteiger partial charge >= 0.3 is 5.97 Å². The number of halogens is 2. The molecule has 6 nitrogen and oxygen atoms in total. The first-order chi connectivity index (χ1) is 10.9. The van der Waals surface area contributed by atoms with Gasteiger partial charge in [-0.1, -0.05) is 6.07 Å². The van der Waals surface area contributed by atoms with Gasteiger partial charge in [-0.15, -0.1) is 0 Å². The van der Waals surface area contributed by atoms with E-state index < -0.39 is 23.5 Å². The zero-order valence-electron chi connectivity index (χ0n) is 11.9. The molecule has 0 aliphatic heterocycles. The number of amides is 1. The molecule has 2 unspecified atom stereocenters. The number of carboxylic acids is 1. The van der Waals surface area contributed by atoms with Crippen LogP contribution >= 0.6 is 0 Å². The largest absolute Gasteiger partial charge is 0.480 e. The molecule has 0 saturated heterocycles. The predicted octanol–water partition coefficient (Wildman–Crippen LogP) is 1.99. The zero-order chi connectivity index (χ0) is 16.6. The van der Waals surface area contributed by atoms with Crippen LogP contribution in [0.3, 0.4) is 0 Å². The first kappa shape index (κ1) is 15.1. The Hall–Kier alpha value is -2.77. The highest BCUT2D eigenvalue weighted by Crippen LogP contribution is 2.48. The number of rotatable bonds is 5. The van der Waals surface area contributed by atoms with Crippen molar-refractivity contribution in [1.29, 1.82) is 0 Å². The van der Waals surface area contributed by atoms with E-state index in [1.165, 1.54) is 29.1 Å². The van der Waals surface area contributed by atoms with Gasteiger partial charge in [0.15, 0.2) is 5.82 Å². The van der Waals surface area contributed by atoms with Gasteiger partial charge in [-0.3, -0.25) is 14.3 Å². The molecule has 1 heterocycles.